The van der Waals surface area contributed by atoms with Crippen LogP contribution in [0.1, 0.15) is 5.56 Å². The van der Waals surface area contributed by atoms with Crippen LogP contribution in [0.2, 0.25) is 0 Å². The maximum absolute atomic E-state index is 11.9. The first kappa shape index (κ1) is 15.2. The van der Waals surface area contributed by atoms with Gasteiger partial charge in [-0.25, -0.2) is 0 Å². The lowest BCUT2D eigenvalue weighted by atomic mass is 10.2. The predicted molar refractivity (Wildman–Crippen MR) is 73.4 cm³/mol. The van der Waals surface area contributed by atoms with Crippen LogP contribution in [0.25, 0.3) is 0 Å². The minimum absolute atomic E-state index is 0.0751. The summed E-state index contributed by atoms with van der Waals surface area (Å²) in [7, 11) is 1.56. The number of nitriles is 2. The molecule has 0 unspecified atom stereocenters. The zero-order valence-electron chi connectivity index (χ0n) is 11.0. The minimum Gasteiger partial charge on any atom is -0.387 e. The lowest BCUT2D eigenvalue weighted by molar-refractivity contribution is -0.112. The Labute approximate surface area is 117 Å². The van der Waals surface area contributed by atoms with Gasteiger partial charge in [-0.15, -0.1) is 0 Å². The predicted octanol–water partition coefficient (Wildman–Crippen LogP) is 1.14. The number of para-hydroxylation sites is 1. The van der Waals surface area contributed by atoms with Crippen LogP contribution in [0.3, 0.4) is 0 Å². The summed E-state index contributed by atoms with van der Waals surface area (Å²) in [6.45, 7) is 0.956. The molecule has 0 saturated carbocycles. The highest BCUT2D eigenvalue weighted by molar-refractivity contribution is 6.07. The van der Waals surface area contributed by atoms with Gasteiger partial charge in [0.15, 0.2) is 0 Å². The van der Waals surface area contributed by atoms with Crippen molar-refractivity contribution >= 4 is 11.6 Å². The lowest BCUT2D eigenvalue weighted by Gasteiger charge is -2.06. The van der Waals surface area contributed by atoms with Gasteiger partial charge < -0.3 is 15.4 Å². The second-order valence-corrected chi connectivity index (χ2v) is 3.73. The van der Waals surface area contributed by atoms with Crippen LogP contribution in [0.5, 0.6) is 0 Å². The summed E-state index contributed by atoms with van der Waals surface area (Å²) in [5.74, 6) is -0.569. The number of carbonyl (C=O) groups is 1. The molecule has 0 saturated heterocycles. The standard InChI is InChI=1S/C14H14N4O2/c1-20-7-6-17-10-12(9-16)14(19)18-13-5-3-2-4-11(13)8-15/h2-5,10,17H,6-7H2,1H3,(H,18,19)/b12-10-. The van der Waals surface area contributed by atoms with Crippen LogP contribution in [0.15, 0.2) is 36.0 Å². The molecular weight excluding hydrogens is 256 g/mol. The first-order valence-corrected chi connectivity index (χ1v) is 5.86. The minimum atomic E-state index is -0.569. The Bertz CT molecular complexity index is 582. The van der Waals surface area contributed by atoms with E-state index in [1.807, 2.05) is 6.07 Å². The van der Waals surface area contributed by atoms with Crippen molar-refractivity contribution in [1.82, 2.24) is 5.32 Å². The van der Waals surface area contributed by atoms with E-state index in [0.717, 1.165) is 0 Å². The van der Waals surface area contributed by atoms with Gasteiger partial charge in [0.1, 0.15) is 17.7 Å². The molecule has 2 N–H and O–H groups in total. The van der Waals surface area contributed by atoms with Crippen LogP contribution in [0.4, 0.5) is 5.69 Å². The second-order valence-electron chi connectivity index (χ2n) is 3.73. The number of amides is 1. The Morgan fingerprint density at radius 1 is 1.40 bits per heavy atom. The van der Waals surface area contributed by atoms with Gasteiger partial charge in [-0.3, -0.25) is 4.79 Å². The number of nitrogens with one attached hydrogen (secondary N) is 2. The average Bonchev–Trinajstić information content (AvgIpc) is 2.48. The van der Waals surface area contributed by atoms with E-state index >= 15 is 0 Å². The molecule has 0 aliphatic heterocycles. The molecule has 1 aromatic carbocycles. The fraction of sp³-hybridized carbons (Fsp3) is 0.214. The Kier molecular flexibility index (Phi) is 6.32. The fourth-order valence-corrected chi connectivity index (χ4v) is 1.36. The monoisotopic (exact) mass is 270 g/mol. The Morgan fingerprint density at radius 3 is 2.80 bits per heavy atom. The zero-order chi connectivity index (χ0) is 14.8. The number of nitrogens with zero attached hydrogens (tertiary/aromatic N) is 2. The number of benzene rings is 1. The molecule has 0 heterocycles. The van der Waals surface area contributed by atoms with Crippen LogP contribution in [-0.4, -0.2) is 26.2 Å². The first-order chi connectivity index (χ1) is 9.72. The quantitative estimate of drug-likeness (QED) is 0.459. The lowest BCUT2D eigenvalue weighted by Crippen LogP contribution is -2.19. The van der Waals surface area contributed by atoms with Crippen molar-refractivity contribution in [2.24, 2.45) is 0 Å². The van der Waals surface area contributed by atoms with Gasteiger partial charge in [0.25, 0.3) is 5.91 Å². The topological polar surface area (TPSA) is 97.9 Å². The van der Waals surface area contributed by atoms with E-state index in [2.05, 4.69) is 10.6 Å². The summed E-state index contributed by atoms with van der Waals surface area (Å²) >= 11 is 0. The van der Waals surface area contributed by atoms with Crippen LogP contribution < -0.4 is 10.6 Å². The summed E-state index contributed by atoms with van der Waals surface area (Å²) < 4.78 is 4.83. The average molecular weight is 270 g/mol. The molecule has 0 aromatic heterocycles. The maximum Gasteiger partial charge on any atom is 0.267 e. The molecule has 102 valence electrons. The molecule has 0 spiro atoms. The Morgan fingerprint density at radius 2 is 2.15 bits per heavy atom. The molecule has 6 heteroatoms. The highest BCUT2D eigenvalue weighted by atomic mass is 16.5. The van der Waals surface area contributed by atoms with Crippen molar-refractivity contribution in [2.45, 2.75) is 0 Å². The number of carbonyl (C=O) groups excluding carboxylic acids is 1. The molecule has 6 nitrogen and oxygen atoms in total. The molecule has 0 aliphatic rings. The summed E-state index contributed by atoms with van der Waals surface area (Å²) in [5.41, 5.74) is 0.636. The number of hydrogen-bond acceptors (Lipinski definition) is 5. The van der Waals surface area contributed by atoms with Crippen molar-refractivity contribution in [2.75, 3.05) is 25.6 Å². The van der Waals surface area contributed by atoms with E-state index in [-0.39, 0.29) is 5.57 Å². The molecular formula is C14H14N4O2. The van der Waals surface area contributed by atoms with E-state index in [1.54, 1.807) is 37.4 Å². The first-order valence-electron chi connectivity index (χ1n) is 5.86. The largest absolute Gasteiger partial charge is 0.387 e. The Balaban J connectivity index is 2.74. The third kappa shape index (κ3) is 4.45. The van der Waals surface area contributed by atoms with E-state index < -0.39 is 5.91 Å². The maximum atomic E-state index is 11.9. The number of anilines is 1. The fourth-order valence-electron chi connectivity index (χ4n) is 1.36. The SMILES string of the molecule is COCCN/C=C(/C#N)C(=O)Nc1ccccc1C#N. The normalized spacial score (nSPS) is 10.2. The van der Waals surface area contributed by atoms with Gasteiger partial charge in [-0.2, -0.15) is 10.5 Å². The van der Waals surface area contributed by atoms with Crippen molar-refractivity contribution in [1.29, 1.82) is 10.5 Å². The number of ether oxygens (including phenoxy) is 1. The smallest absolute Gasteiger partial charge is 0.267 e. The van der Waals surface area contributed by atoms with Crippen LogP contribution >= 0.6 is 0 Å². The molecule has 20 heavy (non-hydrogen) atoms. The second kappa shape index (κ2) is 8.30. The molecule has 1 amide bonds. The van der Waals surface area contributed by atoms with Gasteiger partial charge in [0.05, 0.1) is 17.9 Å². The van der Waals surface area contributed by atoms with Crippen molar-refractivity contribution in [3.8, 4) is 12.1 Å². The number of hydrogen-bond donors (Lipinski definition) is 2. The summed E-state index contributed by atoms with van der Waals surface area (Å²) in [6, 6.07) is 10.3. The van der Waals surface area contributed by atoms with Crippen molar-refractivity contribution < 1.29 is 9.53 Å². The van der Waals surface area contributed by atoms with E-state index in [0.29, 0.717) is 24.4 Å². The highest BCUT2D eigenvalue weighted by Gasteiger charge is 2.11. The molecule has 0 radical (unpaired) electrons. The Hall–Kier alpha value is -2.83. The van der Waals surface area contributed by atoms with Gasteiger partial charge in [0, 0.05) is 19.9 Å². The molecule has 1 aromatic rings. The van der Waals surface area contributed by atoms with Crippen molar-refractivity contribution in [3.63, 3.8) is 0 Å². The molecule has 1 rings (SSSR count). The number of methoxy groups -OCH3 is 1. The zero-order valence-corrected chi connectivity index (χ0v) is 11.0. The van der Waals surface area contributed by atoms with Crippen molar-refractivity contribution in [3.05, 3.63) is 41.6 Å². The van der Waals surface area contributed by atoms with E-state index in [1.165, 1.54) is 6.20 Å². The molecule has 0 bridgehead atoms. The summed E-state index contributed by atoms with van der Waals surface area (Å²) in [5, 5.41) is 23.2. The molecule has 0 atom stereocenters. The molecule has 0 aliphatic carbocycles. The number of rotatable bonds is 6. The highest BCUT2D eigenvalue weighted by Crippen LogP contribution is 2.14. The van der Waals surface area contributed by atoms with Gasteiger partial charge >= 0.3 is 0 Å². The van der Waals surface area contributed by atoms with Gasteiger partial charge in [0.2, 0.25) is 0 Å². The molecule has 0 fully saturated rings. The third-order valence-corrected chi connectivity index (χ3v) is 2.36. The summed E-state index contributed by atoms with van der Waals surface area (Å²) in [4.78, 5) is 11.9. The van der Waals surface area contributed by atoms with Crippen LogP contribution in [-0.2, 0) is 9.53 Å². The van der Waals surface area contributed by atoms with Gasteiger partial charge in [-0.05, 0) is 12.1 Å². The van der Waals surface area contributed by atoms with E-state index in [9.17, 15) is 4.79 Å². The van der Waals surface area contributed by atoms with Crippen LogP contribution in [0, 0.1) is 22.7 Å². The summed E-state index contributed by atoms with van der Waals surface area (Å²) in [6.07, 6.45) is 1.32. The van der Waals surface area contributed by atoms with E-state index in [4.69, 9.17) is 15.3 Å². The third-order valence-electron chi connectivity index (χ3n) is 2.36. The van der Waals surface area contributed by atoms with Gasteiger partial charge in [-0.1, -0.05) is 12.1 Å².